The normalized spacial score (nSPS) is 17.7. The molecule has 2 N–H and O–H groups in total. The van der Waals surface area contributed by atoms with Crippen molar-refractivity contribution in [3.63, 3.8) is 0 Å². The Labute approximate surface area is 142 Å². The Morgan fingerprint density at radius 1 is 1.26 bits per heavy atom. The minimum atomic E-state index is -0.106. The van der Waals surface area contributed by atoms with E-state index in [0.717, 1.165) is 12.0 Å². The molecule has 0 aromatic heterocycles. The van der Waals surface area contributed by atoms with E-state index >= 15 is 0 Å². The van der Waals surface area contributed by atoms with Gasteiger partial charge in [0.1, 0.15) is 6.17 Å². The third-order valence-corrected chi connectivity index (χ3v) is 5.27. The standard InChI is InChI=1S/C21H32N2/c1-8-16(9-2)12-17-18-11-14(5)10-15(6)20(18)23(7)21(22)19(17)13(3)4/h10-11,16,21H,3,8-9,12,22H2,1-2,4-7H3. The highest BCUT2D eigenvalue weighted by molar-refractivity contribution is 5.87. The lowest BCUT2D eigenvalue weighted by atomic mass is 9.80. The van der Waals surface area contributed by atoms with Gasteiger partial charge in [-0.1, -0.05) is 50.5 Å². The molecule has 0 saturated carbocycles. The van der Waals surface area contributed by atoms with Crippen LogP contribution in [0.3, 0.4) is 0 Å². The summed E-state index contributed by atoms with van der Waals surface area (Å²) in [4.78, 5) is 2.21. The molecule has 2 heteroatoms. The number of nitrogens with zero attached hydrogens (tertiary/aromatic N) is 1. The number of anilines is 1. The number of hydrogen-bond acceptors (Lipinski definition) is 2. The zero-order chi connectivity index (χ0) is 17.3. The van der Waals surface area contributed by atoms with Crippen LogP contribution in [0.1, 0.15) is 56.7 Å². The van der Waals surface area contributed by atoms with Crippen molar-refractivity contribution in [1.82, 2.24) is 0 Å². The first kappa shape index (κ1) is 17.8. The molecule has 0 amide bonds. The fourth-order valence-electron chi connectivity index (χ4n) is 3.91. The van der Waals surface area contributed by atoms with Gasteiger partial charge in [-0.25, -0.2) is 0 Å². The van der Waals surface area contributed by atoms with Gasteiger partial charge in [-0.15, -0.1) is 0 Å². The monoisotopic (exact) mass is 312 g/mol. The summed E-state index contributed by atoms with van der Waals surface area (Å²) in [6.07, 6.45) is 3.39. The summed E-state index contributed by atoms with van der Waals surface area (Å²) in [5, 5.41) is 0. The number of hydrogen-bond donors (Lipinski definition) is 1. The van der Waals surface area contributed by atoms with E-state index < -0.39 is 0 Å². The molecule has 23 heavy (non-hydrogen) atoms. The van der Waals surface area contributed by atoms with Crippen LogP contribution in [0, 0.1) is 19.8 Å². The second kappa shape index (κ2) is 6.92. The van der Waals surface area contributed by atoms with Crippen LogP contribution in [0.25, 0.3) is 5.57 Å². The van der Waals surface area contributed by atoms with Gasteiger partial charge >= 0.3 is 0 Å². The lowest BCUT2D eigenvalue weighted by Crippen LogP contribution is -2.44. The molecule has 2 nitrogen and oxygen atoms in total. The van der Waals surface area contributed by atoms with Crippen molar-refractivity contribution in [1.29, 1.82) is 0 Å². The average Bonchev–Trinajstić information content (AvgIpc) is 2.48. The third kappa shape index (κ3) is 3.23. The van der Waals surface area contributed by atoms with Crippen molar-refractivity contribution in [3.8, 4) is 0 Å². The Morgan fingerprint density at radius 2 is 1.87 bits per heavy atom. The smallest absolute Gasteiger partial charge is 0.103 e. The minimum absolute atomic E-state index is 0.106. The second-order valence-electron chi connectivity index (χ2n) is 7.09. The van der Waals surface area contributed by atoms with Gasteiger partial charge in [-0.05, 0) is 55.9 Å². The maximum atomic E-state index is 6.60. The average molecular weight is 313 g/mol. The van der Waals surface area contributed by atoms with Gasteiger partial charge in [0.25, 0.3) is 0 Å². The molecule has 0 fully saturated rings. The number of allylic oxidation sites excluding steroid dienone is 1. The number of nitrogens with two attached hydrogens (primary N) is 1. The van der Waals surface area contributed by atoms with Crippen LogP contribution in [0.15, 0.2) is 29.9 Å². The molecule has 2 rings (SSSR count). The molecule has 0 bridgehead atoms. The lowest BCUT2D eigenvalue weighted by Gasteiger charge is -2.39. The van der Waals surface area contributed by atoms with Crippen LogP contribution < -0.4 is 10.6 Å². The van der Waals surface area contributed by atoms with Crippen LogP contribution in [0.5, 0.6) is 0 Å². The summed E-state index contributed by atoms with van der Waals surface area (Å²) in [5.74, 6) is 0.698. The van der Waals surface area contributed by atoms with Crippen molar-refractivity contribution < 1.29 is 0 Å². The minimum Gasteiger partial charge on any atom is -0.355 e. The fourth-order valence-corrected chi connectivity index (χ4v) is 3.91. The first-order valence-electron chi connectivity index (χ1n) is 8.80. The van der Waals surface area contributed by atoms with Crippen LogP contribution in [-0.4, -0.2) is 13.2 Å². The number of rotatable bonds is 5. The predicted molar refractivity (Wildman–Crippen MR) is 103 cm³/mol. The van der Waals surface area contributed by atoms with E-state index in [9.17, 15) is 0 Å². The van der Waals surface area contributed by atoms with Crippen LogP contribution in [0.4, 0.5) is 5.69 Å². The van der Waals surface area contributed by atoms with E-state index in [2.05, 4.69) is 65.3 Å². The summed E-state index contributed by atoms with van der Waals surface area (Å²) in [6, 6.07) is 4.58. The Balaban J connectivity index is 2.72. The SMILES string of the molecule is C=C(C)C1=C(CC(CC)CC)c2cc(C)cc(C)c2N(C)C1N. The molecule has 0 radical (unpaired) electrons. The van der Waals surface area contributed by atoms with Gasteiger partial charge in [0.05, 0.1) is 0 Å². The highest BCUT2D eigenvalue weighted by Gasteiger charge is 2.30. The Bertz CT molecular complexity index is 635. The van der Waals surface area contributed by atoms with Gasteiger partial charge in [0, 0.05) is 18.3 Å². The molecule has 0 spiro atoms. The molecule has 1 heterocycles. The van der Waals surface area contributed by atoms with E-state index in [0.29, 0.717) is 5.92 Å². The van der Waals surface area contributed by atoms with Crippen molar-refractivity contribution >= 4 is 11.3 Å². The van der Waals surface area contributed by atoms with Crippen LogP contribution in [0.2, 0.25) is 0 Å². The largest absolute Gasteiger partial charge is 0.355 e. The number of likely N-dealkylation sites (N-methyl/N-ethyl adjacent to an activating group) is 1. The second-order valence-corrected chi connectivity index (χ2v) is 7.09. The van der Waals surface area contributed by atoms with Gasteiger partial charge in [-0.2, -0.15) is 0 Å². The highest BCUT2D eigenvalue weighted by atomic mass is 15.2. The molecule has 1 aliphatic heterocycles. The highest BCUT2D eigenvalue weighted by Crippen LogP contribution is 2.44. The van der Waals surface area contributed by atoms with Crippen LogP contribution in [-0.2, 0) is 0 Å². The fraction of sp³-hybridized carbons (Fsp3) is 0.524. The lowest BCUT2D eigenvalue weighted by molar-refractivity contribution is 0.503. The molecular weight excluding hydrogens is 280 g/mol. The van der Waals surface area contributed by atoms with Gasteiger partial charge < -0.3 is 10.6 Å². The molecule has 1 aliphatic rings. The molecule has 126 valence electrons. The van der Waals surface area contributed by atoms with Crippen molar-refractivity contribution in [3.05, 3.63) is 46.5 Å². The number of fused-ring (bicyclic) bond motifs is 1. The van der Waals surface area contributed by atoms with E-state index in [1.807, 2.05) is 0 Å². The maximum absolute atomic E-state index is 6.60. The maximum Gasteiger partial charge on any atom is 0.103 e. The quantitative estimate of drug-likeness (QED) is 0.810. The van der Waals surface area contributed by atoms with Crippen LogP contribution >= 0.6 is 0 Å². The van der Waals surface area contributed by atoms with Crippen molar-refractivity contribution in [2.24, 2.45) is 11.7 Å². The van der Waals surface area contributed by atoms with Crippen molar-refractivity contribution in [2.45, 2.75) is 60.0 Å². The van der Waals surface area contributed by atoms with Gasteiger partial charge in [-0.3, -0.25) is 0 Å². The number of aryl methyl sites for hydroxylation is 2. The molecule has 0 saturated heterocycles. The molecule has 1 unspecified atom stereocenters. The molecule has 1 atom stereocenters. The summed E-state index contributed by atoms with van der Waals surface area (Å²) in [5.41, 5.74) is 15.6. The summed E-state index contributed by atoms with van der Waals surface area (Å²) in [6.45, 7) is 15.2. The summed E-state index contributed by atoms with van der Waals surface area (Å²) in [7, 11) is 2.10. The van der Waals surface area contributed by atoms with E-state index in [-0.39, 0.29) is 6.17 Å². The molecule has 1 aromatic carbocycles. The van der Waals surface area contributed by atoms with E-state index in [4.69, 9.17) is 5.73 Å². The van der Waals surface area contributed by atoms with E-state index in [1.54, 1.807) is 0 Å². The molecule has 0 aliphatic carbocycles. The first-order chi connectivity index (χ1) is 10.8. The molecular formula is C21H32N2. The Kier molecular flexibility index (Phi) is 5.36. The summed E-state index contributed by atoms with van der Waals surface area (Å²) < 4.78 is 0. The number of benzene rings is 1. The predicted octanol–water partition coefficient (Wildman–Crippen LogP) is 5.19. The third-order valence-electron chi connectivity index (χ3n) is 5.27. The zero-order valence-electron chi connectivity index (χ0n) is 15.7. The topological polar surface area (TPSA) is 29.3 Å². The van der Waals surface area contributed by atoms with E-state index in [1.165, 1.54) is 46.4 Å². The first-order valence-corrected chi connectivity index (χ1v) is 8.80. The Morgan fingerprint density at radius 3 is 2.39 bits per heavy atom. The molecule has 1 aromatic rings. The Hall–Kier alpha value is -1.54. The summed E-state index contributed by atoms with van der Waals surface area (Å²) >= 11 is 0. The van der Waals surface area contributed by atoms with Gasteiger partial charge in [0.2, 0.25) is 0 Å². The van der Waals surface area contributed by atoms with Gasteiger partial charge in [0.15, 0.2) is 0 Å². The zero-order valence-corrected chi connectivity index (χ0v) is 15.7. The van der Waals surface area contributed by atoms with Crippen molar-refractivity contribution in [2.75, 3.05) is 11.9 Å².